The maximum atomic E-state index is 13.4. The zero-order valence-corrected chi connectivity index (χ0v) is 14.7. The summed E-state index contributed by atoms with van der Waals surface area (Å²) in [5, 5.41) is 0. The summed E-state index contributed by atoms with van der Waals surface area (Å²) < 4.78 is 16.5. The molecular weight excluding hydrogens is 344 g/mol. The summed E-state index contributed by atoms with van der Waals surface area (Å²) in [7, 11) is 1.43. The first-order chi connectivity index (χ1) is 13.2. The minimum atomic E-state index is -1.66. The van der Waals surface area contributed by atoms with Gasteiger partial charge >= 0.3 is 5.79 Å². The number of rotatable bonds is 8. The van der Waals surface area contributed by atoms with Crippen molar-refractivity contribution in [2.45, 2.75) is 5.79 Å². The standard InChI is InChI=1S/C22H18O5/c1-25-22(18-10-6-3-7-11-18,21(24)17-8-4-2-5-9-17)27-20-14-12-19(13-15-20)26-16-23/h2-16H,1H3. The summed E-state index contributed by atoms with van der Waals surface area (Å²) in [5.41, 5.74) is 1.03. The third-order valence-corrected chi connectivity index (χ3v) is 4.05. The van der Waals surface area contributed by atoms with Crippen molar-refractivity contribution in [2.24, 2.45) is 0 Å². The van der Waals surface area contributed by atoms with Crippen LogP contribution in [0.3, 0.4) is 0 Å². The zero-order valence-electron chi connectivity index (χ0n) is 14.7. The lowest BCUT2D eigenvalue weighted by atomic mass is 9.95. The van der Waals surface area contributed by atoms with E-state index in [0.717, 1.165) is 0 Å². The molecule has 3 aromatic rings. The van der Waals surface area contributed by atoms with Gasteiger partial charge in [0.2, 0.25) is 5.78 Å². The Bertz CT molecular complexity index is 891. The molecule has 0 saturated heterocycles. The molecule has 3 aromatic carbocycles. The second-order valence-corrected chi connectivity index (χ2v) is 5.67. The summed E-state index contributed by atoms with van der Waals surface area (Å²) in [6, 6.07) is 24.2. The summed E-state index contributed by atoms with van der Waals surface area (Å²) in [5.74, 6) is -1.22. The van der Waals surface area contributed by atoms with Crippen LogP contribution < -0.4 is 9.47 Å². The second kappa shape index (κ2) is 8.29. The van der Waals surface area contributed by atoms with E-state index in [2.05, 4.69) is 0 Å². The van der Waals surface area contributed by atoms with Gasteiger partial charge in [-0.05, 0) is 24.3 Å². The fourth-order valence-electron chi connectivity index (χ4n) is 2.73. The second-order valence-electron chi connectivity index (χ2n) is 5.67. The molecule has 0 fully saturated rings. The number of ether oxygens (including phenoxy) is 3. The number of carbonyl (C=O) groups excluding carboxylic acids is 2. The topological polar surface area (TPSA) is 61.8 Å². The van der Waals surface area contributed by atoms with Crippen molar-refractivity contribution < 1.29 is 23.8 Å². The summed E-state index contributed by atoms with van der Waals surface area (Å²) in [6.45, 7) is 0.345. The van der Waals surface area contributed by atoms with Gasteiger partial charge in [0.15, 0.2) is 0 Å². The number of ketones is 1. The first-order valence-corrected chi connectivity index (χ1v) is 8.29. The SMILES string of the molecule is COC(Oc1ccc(OC=O)cc1)(C(=O)c1ccccc1)c1ccccc1. The number of methoxy groups -OCH3 is 1. The Morgan fingerprint density at radius 2 is 1.37 bits per heavy atom. The smallest absolute Gasteiger partial charge is 0.302 e. The predicted molar refractivity (Wildman–Crippen MR) is 99.7 cm³/mol. The van der Waals surface area contributed by atoms with Gasteiger partial charge in [0.25, 0.3) is 6.47 Å². The van der Waals surface area contributed by atoms with E-state index in [1.54, 1.807) is 60.7 Å². The minimum Gasteiger partial charge on any atom is -0.450 e. The minimum absolute atomic E-state index is 0.329. The molecule has 0 amide bonds. The van der Waals surface area contributed by atoms with E-state index in [-0.39, 0.29) is 5.78 Å². The van der Waals surface area contributed by atoms with Crippen LogP contribution in [0.1, 0.15) is 15.9 Å². The molecule has 0 spiro atoms. The highest BCUT2D eigenvalue weighted by Gasteiger charge is 2.44. The van der Waals surface area contributed by atoms with E-state index in [0.29, 0.717) is 29.1 Å². The van der Waals surface area contributed by atoms with Crippen LogP contribution in [-0.4, -0.2) is 19.4 Å². The average Bonchev–Trinajstić information content (AvgIpc) is 2.74. The van der Waals surface area contributed by atoms with Gasteiger partial charge in [-0.15, -0.1) is 0 Å². The molecule has 27 heavy (non-hydrogen) atoms. The fraction of sp³-hybridized carbons (Fsp3) is 0.0909. The van der Waals surface area contributed by atoms with Crippen LogP contribution in [0.4, 0.5) is 0 Å². The molecule has 5 heteroatoms. The number of carbonyl (C=O) groups is 2. The Hall–Kier alpha value is -3.44. The largest absolute Gasteiger partial charge is 0.450 e. The Kier molecular flexibility index (Phi) is 5.64. The third-order valence-electron chi connectivity index (χ3n) is 4.05. The molecule has 136 valence electrons. The van der Waals surface area contributed by atoms with Gasteiger partial charge in [0.1, 0.15) is 11.5 Å². The van der Waals surface area contributed by atoms with Crippen LogP contribution in [0, 0.1) is 0 Å². The normalized spacial score (nSPS) is 12.6. The quantitative estimate of drug-likeness (QED) is 0.345. The molecule has 0 N–H and O–H groups in total. The molecule has 1 unspecified atom stereocenters. The van der Waals surface area contributed by atoms with E-state index in [1.165, 1.54) is 7.11 Å². The van der Waals surface area contributed by atoms with Gasteiger partial charge < -0.3 is 14.2 Å². The van der Waals surface area contributed by atoms with Crippen LogP contribution in [0.25, 0.3) is 0 Å². The average molecular weight is 362 g/mol. The van der Waals surface area contributed by atoms with Crippen molar-refractivity contribution in [3.63, 3.8) is 0 Å². The molecule has 5 nitrogen and oxygen atoms in total. The molecule has 0 aliphatic carbocycles. The lowest BCUT2D eigenvalue weighted by Crippen LogP contribution is -2.43. The molecule has 3 rings (SSSR count). The molecule has 0 radical (unpaired) electrons. The number of benzene rings is 3. The van der Waals surface area contributed by atoms with Crippen LogP contribution in [0.2, 0.25) is 0 Å². The predicted octanol–water partition coefficient (Wildman–Crippen LogP) is 3.98. The van der Waals surface area contributed by atoms with Gasteiger partial charge in [-0.3, -0.25) is 9.59 Å². The van der Waals surface area contributed by atoms with Gasteiger partial charge in [0.05, 0.1) is 0 Å². The molecule has 0 bridgehead atoms. The summed E-state index contributed by atoms with van der Waals surface area (Å²) in [4.78, 5) is 23.8. The first-order valence-electron chi connectivity index (χ1n) is 8.29. The Balaban J connectivity index is 2.04. The van der Waals surface area contributed by atoms with Crippen LogP contribution in [0.5, 0.6) is 11.5 Å². The van der Waals surface area contributed by atoms with E-state index in [1.807, 2.05) is 24.3 Å². The zero-order chi connectivity index (χ0) is 19.1. The highest BCUT2D eigenvalue weighted by Crippen LogP contribution is 2.33. The van der Waals surface area contributed by atoms with Crippen LogP contribution in [0.15, 0.2) is 84.9 Å². The molecule has 0 aliphatic heterocycles. The molecular formula is C22H18O5. The van der Waals surface area contributed by atoms with E-state index < -0.39 is 5.79 Å². The van der Waals surface area contributed by atoms with Gasteiger partial charge in [-0.25, -0.2) is 0 Å². The fourth-order valence-corrected chi connectivity index (χ4v) is 2.73. The Labute approximate surface area is 157 Å². The van der Waals surface area contributed by atoms with Crippen molar-refractivity contribution in [1.82, 2.24) is 0 Å². The van der Waals surface area contributed by atoms with Gasteiger partial charge in [0, 0.05) is 18.2 Å². The maximum Gasteiger partial charge on any atom is 0.302 e. The Morgan fingerprint density at radius 3 is 1.93 bits per heavy atom. The number of Topliss-reactive ketones (excluding diaryl/α,β-unsaturated/α-hetero) is 1. The van der Waals surface area contributed by atoms with Gasteiger partial charge in [-0.2, -0.15) is 0 Å². The third kappa shape index (κ3) is 3.88. The van der Waals surface area contributed by atoms with Crippen LogP contribution in [-0.2, 0) is 15.3 Å². The maximum absolute atomic E-state index is 13.4. The van der Waals surface area contributed by atoms with Crippen molar-refractivity contribution >= 4 is 12.3 Å². The van der Waals surface area contributed by atoms with E-state index >= 15 is 0 Å². The highest BCUT2D eigenvalue weighted by atomic mass is 16.7. The van der Waals surface area contributed by atoms with E-state index in [4.69, 9.17) is 14.2 Å². The molecule has 0 aromatic heterocycles. The molecule has 1 atom stereocenters. The van der Waals surface area contributed by atoms with Crippen LogP contribution >= 0.6 is 0 Å². The summed E-state index contributed by atoms with van der Waals surface area (Å²) in [6.07, 6.45) is 0. The van der Waals surface area contributed by atoms with Crippen molar-refractivity contribution in [3.05, 3.63) is 96.1 Å². The molecule has 0 heterocycles. The summed E-state index contributed by atoms with van der Waals surface area (Å²) >= 11 is 0. The number of hydrogen-bond acceptors (Lipinski definition) is 5. The van der Waals surface area contributed by atoms with Gasteiger partial charge in [-0.1, -0.05) is 60.7 Å². The van der Waals surface area contributed by atoms with Crippen molar-refractivity contribution in [2.75, 3.05) is 7.11 Å². The van der Waals surface area contributed by atoms with Crippen molar-refractivity contribution in [1.29, 1.82) is 0 Å². The number of hydrogen-bond donors (Lipinski definition) is 0. The molecule has 0 saturated carbocycles. The lowest BCUT2D eigenvalue weighted by molar-refractivity contribution is -0.134. The first kappa shape index (κ1) is 18.4. The lowest BCUT2D eigenvalue weighted by Gasteiger charge is -2.32. The highest BCUT2D eigenvalue weighted by molar-refractivity contribution is 6.02. The Morgan fingerprint density at radius 1 is 0.815 bits per heavy atom. The van der Waals surface area contributed by atoms with Crippen molar-refractivity contribution in [3.8, 4) is 11.5 Å². The monoisotopic (exact) mass is 362 g/mol. The molecule has 0 aliphatic rings. The van der Waals surface area contributed by atoms with E-state index in [9.17, 15) is 9.59 Å².